The molecule has 0 bridgehead atoms. The van der Waals surface area contributed by atoms with E-state index in [1.807, 2.05) is 0 Å². The Kier molecular flexibility index (Phi) is 5.45. The summed E-state index contributed by atoms with van der Waals surface area (Å²) in [6.07, 6.45) is -4.27. The summed E-state index contributed by atoms with van der Waals surface area (Å²) in [4.78, 5) is 10.2. The molecule has 0 aromatic carbocycles. The standard InChI is InChI=1S/C7H13F3N2O/c8-7(9,10)3-5-12-4-1-2-6(11)13/h12H,1-5H2,(H2,11,13). The minimum absolute atomic E-state index is 0.109. The minimum atomic E-state index is -4.11. The molecule has 0 atom stereocenters. The first-order valence-corrected chi connectivity index (χ1v) is 3.97. The highest BCUT2D eigenvalue weighted by molar-refractivity contribution is 5.73. The van der Waals surface area contributed by atoms with Gasteiger partial charge >= 0.3 is 6.18 Å². The van der Waals surface area contributed by atoms with Crippen molar-refractivity contribution in [1.29, 1.82) is 0 Å². The summed E-state index contributed by atoms with van der Waals surface area (Å²) in [7, 11) is 0. The molecule has 0 saturated heterocycles. The highest BCUT2D eigenvalue weighted by atomic mass is 19.4. The number of hydrogen-bond donors (Lipinski definition) is 2. The third-order valence-electron chi connectivity index (χ3n) is 1.36. The lowest BCUT2D eigenvalue weighted by Crippen LogP contribution is -2.23. The summed E-state index contributed by atoms with van der Waals surface area (Å²) < 4.78 is 34.7. The van der Waals surface area contributed by atoms with Crippen LogP contribution in [-0.2, 0) is 4.79 Å². The largest absolute Gasteiger partial charge is 0.390 e. The highest BCUT2D eigenvalue weighted by Crippen LogP contribution is 2.17. The van der Waals surface area contributed by atoms with Crippen molar-refractivity contribution in [2.75, 3.05) is 13.1 Å². The molecule has 78 valence electrons. The molecule has 0 rings (SSSR count). The Morgan fingerprint density at radius 3 is 2.38 bits per heavy atom. The van der Waals surface area contributed by atoms with Gasteiger partial charge in [-0.05, 0) is 13.0 Å². The second-order valence-corrected chi connectivity index (χ2v) is 2.69. The molecule has 13 heavy (non-hydrogen) atoms. The van der Waals surface area contributed by atoms with E-state index in [2.05, 4.69) is 5.32 Å². The number of amides is 1. The van der Waals surface area contributed by atoms with Crippen LogP contribution >= 0.6 is 0 Å². The molecule has 0 aromatic rings. The fourth-order valence-corrected chi connectivity index (χ4v) is 0.743. The zero-order valence-electron chi connectivity index (χ0n) is 7.16. The number of rotatable bonds is 6. The van der Waals surface area contributed by atoms with E-state index in [9.17, 15) is 18.0 Å². The smallest absolute Gasteiger partial charge is 0.370 e. The van der Waals surface area contributed by atoms with Gasteiger partial charge in [-0.15, -0.1) is 0 Å². The lowest BCUT2D eigenvalue weighted by molar-refractivity contribution is -0.133. The Morgan fingerprint density at radius 1 is 1.31 bits per heavy atom. The van der Waals surface area contributed by atoms with Crippen molar-refractivity contribution in [2.24, 2.45) is 5.73 Å². The van der Waals surface area contributed by atoms with Crippen LogP contribution in [0.15, 0.2) is 0 Å². The van der Waals surface area contributed by atoms with Crippen LogP contribution in [0.4, 0.5) is 13.2 Å². The molecule has 0 unspecified atom stereocenters. The summed E-state index contributed by atoms with van der Waals surface area (Å²) in [5, 5.41) is 2.57. The predicted octanol–water partition coefficient (Wildman–Crippen LogP) is 0.794. The Hall–Kier alpha value is -0.780. The number of hydrogen-bond acceptors (Lipinski definition) is 2. The monoisotopic (exact) mass is 198 g/mol. The molecular formula is C7H13F3N2O. The predicted molar refractivity (Wildman–Crippen MR) is 42.0 cm³/mol. The summed E-state index contributed by atoms with van der Waals surface area (Å²) in [5.74, 6) is -0.433. The van der Waals surface area contributed by atoms with Crippen molar-refractivity contribution in [1.82, 2.24) is 5.32 Å². The molecule has 0 aliphatic heterocycles. The highest BCUT2D eigenvalue weighted by Gasteiger charge is 2.25. The average Bonchev–Trinajstić information content (AvgIpc) is 1.93. The maximum Gasteiger partial charge on any atom is 0.390 e. The number of nitrogens with one attached hydrogen (secondary N) is 1. The fourth-order valence-electron chi connectivity index (χ4n) is 0.743. The van der Waals surface area contributed by atoms with Crippen molar-refractivity contribution < 1.29 is 18.0 Å². The quantitative estimate of drug-likeness (QED) is 0.620. The summed E-state index contributed by atoms with van der Waals surface area (Å²) in [6, 6.07) is 0. The number of carbonyl (C=O) groups excluding carboxylic acids is 1. The normalized spacial score (nSPS) is 11.6. The molecule has 0 spiro atoms. The van der Waals surface area contributed by atoms with Gasteiger partial charge in [-0.1, -0.05) is 0 Å². The van der Waals surface area contributed by atoms with Crippen molar-refractivity contribution in [2.45, 2.75) is 25.4 Å². The summed E-state index contributed by atoms with van der Waals surface area (Å²) >= 11 is 0. The van der Waals surface area contributed by atoms with Crippen LogP contribution in [-0.4, -0.2) is 25.2 Å². The molecule has 6 heteroatoms. The van der Waals surface area contributed by atoms with Crippen LogP contribution in [0.5, 0.6) is 0 Å². The maximum atomic E-state index is 11.6. The van der Waals surface area contributed by atoms with Gasteiger partial charge in [-0.25, -0.2) is 0 Å². The van der Waals surface area contributed by atoms with E-state index in [-0.39, 0.29) is 13.0 Å². The van der Waals surface area contributed by atoms with Gasteiger partial charge < -0.3 is 11.1 Å². The van der Waals surface area contributed by atoms with E-state index < -0.39 is 18.5 Å². The topological polar surface area (TPSA) is 55.1 Å². The van der Waals surface area contributed by atoms with E-state index in [1.165, 1.54) is 0 Å². The first-order valence-electron chi connectivity index (χ1n) is 3.97. The van der Waals surface area contributed by atoms with Crippen LogP contribution < -0.4 is 11.1 Å². The number of nitrogens with two attached hydrogens (primary N) is 1. The lowest BCUT2D eigenvalue weighted by atomic mass is 10.3. The first-order chi connectivity index (χ1) is 5.92. The molecule has 0 aliphatic carbocycles. The molecule has 0 fully saturated rings. The number of carbonyl (C=O) groups is 1. The summed E-state index contributed by atoms with van der Waals surface area (Å²) in [5.41, 5.74) is 4.83. The van der Waals surface area contributed by atoms with Gasteiger partial charge in [0.15, 0.2) is 0 Å². The van der Waals surface area contributed by atoms with E-state index in [1.54, 1.807) is 0 Å². The second-order valence-electron chi connectivity index (χ2n) is 2.69. The lowest BCUT2D eigenvalue weighted by Gasteiger charge is -2.06. The van der Waals surface area contributed by atoms with Crippen LogP contribution in [0.25, 0.3) is 0 Å². The zero-order valence-corrected chi connectivity index (χ0v) is 7.16. The van der Waals surface area contributed by atoms with Crippen LogP contribution in [0.2, 0.25) is 0 Å². The van der Waals surface area contributed by atoms with Gasteiger partial charge in [0.05, 0.1) is 6.42 Å². The molecule has 0 aliphatic rings. The molecule has 0 saturated carbocycles. The van der Waals surface area contributed by atoms with Crippen LogP contribution in [0.1, 0.15) is 19.3 Å². The third kappa shape index (κ3) is 11.2. The van der Waals surface area contributed by atoms with Crippen molar-refractivity contribution >= 4 is 5.91 Å². The fraction of sp³-hybridized carbons (Fsp3) is 0.857. The van der Waals surface area contributed by atoms with Crippen LogP contribution in [0.3, 0.4) is 0 Å². The van der Waals surface area contributed by atoms with Gasteiger partial charge in [-0.3, -0.25) is 4.79 Å². The second kappa shape index (κ2) is 5.80. The molecule has 0 heterocycles. The van der Waals surface area contributed by atoms with Gasteiger partial charge in [0.2, 0.25) is 5.91 Å². The third-order valence-corrected chi connectivity index (χ3v) is 1.36. The molecule has 3 nitrogen and oxygen atoms in total. The molecule has 1 amide bonds. The van der Waals surface area contributed by atoms with Crippen molar-refractivity contribution in [3.05, 3.63) is 0 Å². The van der Waals surface area contributed by atoms with E-state index in [0.717, 1.165) is 0 Å². The zero-order chi connectivity index (χ0) is 10.3. The van der Waals surface area contributed by atoms with E-state index >= 15 is 0 Å². The van der Waals surface area contributed by atoms with Crippen molar-refractivity contribution in [3.8, 4) is 0 Å². The number of primary amides is 1. The Bertz CT molecular complexity index is 158. The Morgan fingerprint density at radius 2 is 1.92 bits per heavy atom. The average molecular weight is 198 g/mol. The Balaban J connectivity index is 3.13. The first kappa shape index (κ1) is 12.2. The Labute approximate surface area is 74.5 Å². The van der Waals surface area contributed by atoms with Gasteiger partial charge in [0.1, 0.15) is 0 Å². The maximum absolute atomic E-state index is 11.6. The number of halogens is 3. The van der Waals surface area contributed by atoms with Crippen molar-refractivity contribution in [3.63, 3.8) is 0 Å². The number of alkyl halides is 3. The SMILES string of the molecule is NC(=O)CCCNCCC(F)(F)F. The molecule has 3 N–H and O–H groups in total. The van der Waals surface area contributed by atoms with Gasteiger partial charge in [0.25, 0.3) is 0 Å². The molecule has 0 aromatic heterocycles. The van der Waals surface area contributed by atoms with Crippen LogP contribution in [0, 0.1) is 0 Å². The minimum Gasteiger partial charge on any atom is -0.370 e. The van der Waals surface area contributed by atoms with Gasteiger partial charge in [0, 0.05) is 13.0 Å². The van der Waals surface area contributed by atoms with E-state index in [0.29, 0.717) is 13.0 Å². The molecular weight excluding hydrogens is 185 g/mol. The van der Waals surface area contributed by atoms with E-state index in [4.69, 9.17) is 5.73 Å². The van der Waals surface area contributed by atoms with Gasteiger partial charge in [-0.2, -0.15) is 13.2 Å². The summed E-state index contributed by atoms with van der Waals surface area (Å²) in [6.45, 7) is 0.279. The molecule has 0 radical (unpaired) electrons.